The summed E-state index contributed by atoms with van der Waals surface area (Å²) in [6, 6.07) is 8.25. The summed E-state index contributed by atoms with van der Waals surface area (Å²) in [6.07, 6.45) is 0. The molecule has 9 heteroatoms. The third-order valence-corrected chi connectivity index (χ3v) is 5.30. The zero-order valence-electron chi connectivity index (χ0n) is 12.8. The molecule has 0 atom stereocenters. The fourth-order valence-electron chi connectivity index (χ4n) is 1.71. The van der Waals surface area contributed by atoms with Crippen molar-refractivity contribution in [3.63, 3.8) is 0 Å². The van der Waals surface area contributed by atoms with Crippen molar-refractivity contribution in [1.82, 2.24) is 4.90 Å². The fraction of sp³-hybridized carbons (Fsp3) is 0.133. The van der Waals surface area contributed by atoms with Crippen molar-refractivity contribution in [1.29, 1.82) is 0 Å². The first-order valence-electron chi connectivity index (χ1n) is 6.66. The van der Waals surface area contributed by atoms with Crippen LogP contribution < -0.4 is 4.72 Å². The lowest BCUT2D eigenvalue weighted by Crippen LogP contribution is -2.17. The number of nitrogens with zero attached hydrogens (tertiary/aromatic N) is 1. The number of hydrogen-bond donors (Lipinski definition) is 1. The van der Waals surface area contributed by atoms with E-state index in [2.05, 4.69) is 4.72 Å². The zero-order chi connectivity index (χ0) is 17.9. The van der Waals surface area contributed by atoms with Crippen LogP contribution >= 0.6 is 11.8 Å². The summed E-state index contributed by atoms with van der Waals surface area (Å²) < 4.78 is 53.4. The molecule has 1 amide bonds. The Morgan fingerprint density at radius 3 is 2.25 bits per heavy atom. The van der Waals surface area contributed by atoms with E-state index in [4.69, 9.17) is 0 Å². The van der Waals surface area contributed by atoms with Crippen molar-refractivity contribution in [2.45, 2.75) is 9.79 Å². The van der Waals surface area contributed by atoms with Gasteiger partial charge in [0.05, 0.1) is 10.6 Å². The molecule has 24 heavy (non-hydrogen) atoms. The summed E-state index contributed by atoms with van der Waals surface area (Å²) in [5, 5.41) is -0.293. The van der Waals surface area contributed by atoms with E-state index in [1.807, 2.05) is 0 Å². The highest BCUT2D eigenvalue weighted by Crippen LogP contribution is 2.30. The topological polar surface area (TPSA) is 66.5 Å². The molecule has 0 spiro atoms. The number of hydrogen-bond acceptors (Lipinski definition) is 4. The molecule has 0 aliphatic heterocycles. The molecular formula is C15H14F2N2O3S2. The largest absolute Gasteiger partial charge is 0.339 e. The molecule has 2 aromatic carbocycles. The smallest absolute Gasteiger partial charge is 0.286 e. The van der Waals surface area contributed by atoms with Crippen molar-refractivity contribution in [2.75, 3.05) is 18.8 Å². The molecule has 0 saturated heterocycles. The van der Waals surface area contributed by atoms with E-state index < -0.39 is 26.6 Å². The highest BCUT2D eigenvalue weighted by molar-refractivity contribution is 8.13. The van der Waals surface area contributed by atoms with E-state index in [1.54, 1.807) is 32.3 Å². The lowest BCUT2D eigenvalue weighted by molar-refractivity contribution is 0.241. The van der Waals surface area contributed by atoms with Gasteiger partial charge in [0.1, 0.15) is 11.6 Å². The van der Waals surface area contributed by atoms with Crippen LogP contribution in [0.25, 0.3) is 0 Å². The minimum atomic E-state index is -4.21. The zero-order valence-corrected chi connectivity index (χ0v) is 14.4. The Labute approximate surface area is 142 Å². The van der Waals surface area contributed by atoms with Crippen molar-refractivity contribution >= 4 is 32.7 Å². The first kappa shape index (κ1) is 18.2. The summed E-state index contributed by atoms with van der Waals surface area (Å²) in [5.74, 6) is -2.00. The highest BCUT2D eigenvalue weighted by atomic mass is 32.2. The van der Waals surface area contributed by atoms with Gasteiger partial charge in [-0.05, 0) is 36.0 Å². The van der Waals surface area contributed by atoms with Crippen LogP contribution in [-0.2, 0) is 10.0 Å². The van der Waals surface area contributed by atoms with Crippen LogP contribution in [0.15, 0.2) is 52.3 Å². The predicted octanol–water partition coefficient (Wildman–Crippen LogP) is 3.54. The van der Waals surface area contributed by atoms with E-state index >= 15 is 0 Å². The van der Waals surface area contributed by atoms with Crippen LogP contribution in [0.1, 0.15) is 0 Å². The molecule has 2 rings (SSSR count). The number of para-hydroxylation sites is 1. The minimum absolute atomic E-state index is 0.141. The molecule has 128 valence electrons. The third-order valence-electron chi connectivity index (χ3n) is 2.84. The van der Waals surface area contributed by atoms with Crippen LogP contribution in [0.2, 0.25) is 0 Å². The van der Waals surface area contributed by atoms with Gasteiger partial charge in [-0.3, -0.25) is 9.52 Å². The maximum absolute atomic E-state index is 13.3. The van der Waals surface area contributed by atoms with Gasteiger partial charge < -0.3 is 4.90 Å². The quantitative estimate of drug-likeness (QED) is 0.834. The van der Waals surface area contributed by atoms with Gasteiger partial charge in [-0.1, -0.05) is 12.1 Å². The number of carbonyl (C=O) groups excluding carboxylic acids is 1. The Morgan fingerprint density at radius 1 is 1.08 bits per heavy atom. The van der Waals surface area contributed by atoms with E-state index in [9.17, 15) is 22.0 Å². The summed E-state index contributed by atoms with van der Waals surface area (Å²) >= 11 is 0.832. The molecule has 0 aromatic heterocycles. The maximum Gasteiger partial charge on any atom is 0.286 e. The molecule has 0 radical (unpaired) electrons. The molecule has 0 fully saturated rings. The molecule has 0 saturated carbocycles. The normalized spacial score (nSPS) is 11.2. The number of amides is 1. The molecule has 0 aliphatic carbocycles. The van der Waals surface area contributed by atoms with Crippen LogP contribution in [0.3, 0.4) is 0 Å². The number of rotatable bonds is 4. The number of anilines is 1. The van der Waals surface area contributed by atoms with E-state index in [-0.39, 0.29) is 10.9 Å². The number of benzene rings is 2. The number of thioether (sulfide) groups is 1. The molecule has 0 heterocycles. The highest BCUT2D eigenvalue weighted by Gasteiger charge is 2.19. The molecule has 0 aliphatic rings. The molecule has 1 N–H and O–H groups in total. The van der Waals surface area contributed by atoms with E-state index in [1.165, 1.54) is 11.0 Å². The third kappa shape index (κ3) is 4.45. The number of carbonyl (C=O) groups is 1. The molecule has 5 nitrogen and oxygen atoms in total. The number of sulfonamides is 1. The maximum atomic E-state index is 13.3. The van der Waals surface area contributed by atoms with Crippen molar-refractivity contribution in [3.05, 3.63) is 54.1 Å². The van der Waals surface area contributed by atoms with Gasteiger partial charge >= 0.3 is 0 Å². The Hall–Kier alpha value is -2.13. The molecule has 0 bridgehead atoms. The monoisotopic (exact) mass is 372 g/mol. The van der Waals surface area contributed by atoms with Crippen molar-refractivity contribution in [3.8, 4) is 0 Å². The summed E-state index contributed by atoms with van der Waals surface area (Å²) in [5.41, 5.74) is 0.141. The minimum Gasteiger partial charge on any atom is -0.339 e. The van der Waals surface area contributed by atoms with Gasteiger partial charge in [0.25, 0.3) is 15.3 Å². The van der Waals surface area contributed by atoms with Crippen LogP contribution in [0, 0.1) is 11.6 Å². The molecular weight excluding hydrogens is 358 g/mol. The second kappa shape index (κ2) is 7.18. The van der Waals surface area contributed by atoms with Gasteiger partial charge in [0, 0.05) is 25.1 Å². The molecule has 0 unspecified atom stereocenters. The van der Waals surface area contributed by atoms with Crippen molar-refractivity contribution < 1.29 is 22.0 Å². The van der Waals surface area contributed by atoms with Crippen LogP contribution in [0.4, 0.5) is 19.3 Å². The van der Waals surface area contributed by atoms with E-state index in [0.29, 0.717) is 23.1 Å². The van der Waals surface area contributed by atoms with Gasteiger partial charge in [0.15, 0.2) is 0 Å². The Kier molecular flexibility index (Phi) is 5.45. The fourth-order valence-corrected chi connectivity index (χ4v) is 3.64. The summed E-state index contributed by atoms with van der Waals surface area (Å²) in [7, 11) is -1.07. The lowest BCUT2D eigenvalue weighted by Gasteiger charge is -2.14. The number of halogens is 2. The summed E-state index contributed by atoms with van der Waals surface area (Å²) in [4.78, 5) is 13.0. The second-order valence-electron chi connectivity index (χ2n) is 4.97. The Balaban J connectivity index is 2.35. The first-order valence-corrected chi connectivity index (χ1v) is 8.96. The average molecular weight is 372 g/mol. The standard InChI is InChI=1S/C15H14F2N2O3S2/c1-19(2)15(20)23-14-6-4-3-5-13(14)18-24(21,22)12-8-10(16)7-11(17)9-12/h3-9,18H,1-2H3. The Morgan fingerprint density at radius 2 is 1.67 bits per heavy atom. The first-order chi connectivity index (χ1) is 11.2. The Bertz CT molecular complexity index is 851. The number of nitrogens with one attached hydrogen (secondary N) is 1. The lowest BCUT2D eigenvalue weighted by atomic mass is 10.3. The van der Waals surface area contributed by atoms with Gasteiger partial charge in [-0.25, -0.2) is 17.2 Å². The van der Waals surface area contributed by atoms with Gasteiger partial charge in [-0.2, -0.15) is 0 Å². The average Bonchev–Trinajstić information content (AvgIpc) is 2.47. The molecule has 2 aromatic rings. The second-order valence-corrected chi connectivity index (χ2v) is 7.64. The van der Waals surface area contributed by atoms with Crippen molar-refractivity contribution in [2.24, 2.45) is 0 Å². The predicted molar refractivity (Wildman–Crippen MR) is 88.5 cm³/mol. The SMILES string of the molecule is CN(C)C(=O)Sc1ccccc1NS(=O)(=O)c1cc(F)cc(F)c1. The van der Waals surface area contributed by atoms with Gasteiger partial charge in [-0.15, -0.1) is 0 Å². The summed E-state index contributed by atoms with van der Waals surface area (Å²) in [6.45, 7) is 0. The van der Waals surface area contributed by atoms with Crippen LogP contribution in [0.5, 0.6) is 0 Å². The van der Waals surface area contributed by atoms with E-state index in [0.717, 1.165) is 11.8 Å². The van der Waals surface area contributed by atoms with Crippen LogP contribution in [-0.4, -0.2) is 32.7 Å². The van der Waals surface area contributed by atoms with Gasteiger partial charge in [0.2, 0.25) is 0 Å².